The monoisotopic (exact) mass is 228 g/mol. The first-order valence-electron chi connectivity index (χ1n) is 4.08. The van der Waals surface area contributed by atoms with Crippen LogP contribution in [-0.2, 0) is 15.5 Å². The summed E-state index contributed by atoms with van der Waals surface area (Å²) in [5.74, 6) is -0.898. The Kier molecular flexibility index (Phi) is 3.65. The van der Waals surface area contributed by atoms with Gasteiger partial charge in [-0.3, -0.25) is 9.69 Å². The molecule has 0 aromatic heterocycles. The van der Waals surface area contributed by atoms with Crippen LogP contribution in [0.3, 0.4) is 0 Å². The molecule has 0 radical (unpaired) electrons. The zero-order chi connectivity index (χ0) is 10.8. The molecule has 0 aromatic rings. The summed E-state index contributed by atoms with van der Waals surface area (Å²) in [6, 6.07) is 0. The lowest BCUT2D eigenvalue weighted by atomic mass is 10.4. The summed E-state index contributed by atoms with van der Waals surface area (Å²) in [5, 5.41) is 0. The Morgan fingerprint density at radius 2 is 2.14 bits per heavy atom. The Bertz CT molecular complexity index is 264. The Balaban J connectivity index is 2.63. The normalized spacial score (nSPS) is 25.3. The molecule has 3 nitrogen and oxygen atoms in total. The minimum absolute atomic E-state index is 0.460. The second kappa shape index (κ2) is 4.39. The van der Waals surface area contributed by atoms with Gasteiger partial charge in [0, 0.05) is 5.75 Å². The third-order valence-electron chi connectivity index (χ3n) is 1.74. The van der Waals surface area contributed by atoms with Gasteiger partial charge in [0.15, 0.2) is 0 Å². The highest BCUT2D eigenvalue weighted by atomic mass is 32.2. The fraction of sp³-hybridized carbons (Fsp3) is 0.857. The Morgan fingerprint density at radius 3 is 2.64 bits per heavy atom. The number of carbonyl (C=O) groups excluding carboxylic acids is 1. The first-order valence-corrected chi connectivity index (χ1v) is 5.60. The molecule has 0 aliphatic carbocycles. The van der Waals surface area contributed by atoms with Crippen LogP contribution in [0.4, 0.5) is 13.2 Å². The van der Waals surface area contributed by atoms with Crippen LogP contribution in [-0.4, -0.2) is 42.2 Å². The molecule has 1 saturated heterocycles. The number of hydrogen-bond donors (Lipinski definition) is 0. The van der Waals surface area contributed by atoms with Gasteiger partial charge in [0.2, 0.25) is 0 Å². The number of nitrogens with zero attached hydrogens (tertiary/aromatic N) is 2. The van der Waals surface area contributed by atoms with Crippen molar-refractivity contribution in [1.82, 2.24) is 4.90 Å². The maximum absolute atomic E-state index is 11.8. The second-order valence-corrected chi connectivity index (χ2v) is 4.90. The molecule has 0 spiro atoms. The standard InChI is InChI=1S/C7H11F3N2OS/c1-12-3-2-4-14(5-12)11-6(13)7(8,9)10/h2-5H2,1H3. The molecular formula is C7H11F3N2OS. The third-order valence-corrected chi connectivity index (χ3v) is 3.67. The summed E-state index contributed by atoms with van der Waals surface area (Å²) >= 11 is 0. The molecular weight excluding hydrogens is 217 g/mol. The average Bonchev–Trinajstić information content (AvgIpc) is 2.02. The molecule has 0 bridgehead atoms. The largest absolute Gasteiger partial charge is 0.474 e. The van der Waals surface area contributed by atoms with Crippen LogP contribution in [0.15, 0.2) is 4.36 Å². The number of hydrogen-bond acceptors (Lipinski definition) is 2. The molecule has 1 rings (SSSR count). The lowest BCUT2D eigenvalue weighted by molar-refractivity contribution is -0.169. The van der Waals surface area contributed by atoms with E-state index in [-0.39, 0.29) is 0 Å². The highest BCUT2D eigenvalue weighted by Crippen LogP contribution is 2.18. The van der Waals surface area contributed by atoms with E-state index in [1.807, 2.05) is 11.9 Å². The van der Waals surface area contributed by atoms with Crippen LogP contribution < -0.4 is 0 Å². The van der Waals surface area contributed by atoms with Gasteiger partial charge >= 0.3 is 12.1 Å². The SMILES string of the molecule is CN1CCCS(=NC(=O)C(F)(F)F)C1. The predicted octanol–water partition coefficient (Wildman–Crippen LogP) is 1.17. The molecule has 0 N–H and O–H groups in total. The molecule has 7 heteroatoms. The number of alkyl halides is 3. The van der Waals surface area contributed by atoms with Gasteiger partial charge in [-0.05, 0) is 20.0 Å². The van der Waals surface area contributed by atoms with Crippen LogP contribution in [0, 0.1) is 0 Å². The van der Waals surface area contributed by atoms with Gasteiger partial charge in [-0.1, -0.05) is 10.7 Å². The second-order valence-electron chi connectivity index (χ2n) is 3.12. The molecule has 0 saturated carbocycles. The molecule has 1 fully saturated rings. The third kappa shape index (κ3) is 3.38. The smallest absolute Gasteiger partial charge is 0.296 e. The summed E-state index contributed by atoms with van der Waals surface area (Å²) in [7, 11) is 1.04. The number of halogens is 3. The van der Waals surface area contributed by atoms with Crippen LogP contribution >= 0.6 is 0 Å². The first-order chi connectivity index (χ1) is 6.39. The van der Waals surface area contributed by atoms with E-state index < -0.39 is 22.8 Å². The topological polar surface area (TPSA) is 32.7 Å². The zero-order valence-corrected chi connectivity index (χ0v) is 8.49. The molecule has 1 unspecified atom stereocenters. The molecule has 82 valence electrons. The molecule has 1 amide bonds. The minimum atomic E-state index is -4.82. The molecule has 0 aromatic carbocycles. The number of rotatable bonds is 0. The number of carbonyl (C=O) groups is 1. The van der Waals surface area contributed by atoms with Crippen molar-refractivity contribution in [2.45, 2.75) is 12.6 Å². The van der Waals surface area contributed by atoms with Crippen molar-refractivity contribution >= 4 is 16.6 Å². The Hall–Kier alpha value is -0.430. The molecule has 14 heavy (non-hydrogen) atoms. The summed E-state index contributed by atoms with van der Waals surface area (Å²) in [5.41, 5.74) is 0. The zero-order valence-electron chi connectivity index (χ0n) is 7.67. The van der Waals surface area contributed by atoms with E-state index >= 15 is 0 Å². The van der Waals surface area contributed by atoms with Crippen LogP contribution in [0.5, 0.6) is 0 Å². The van der Waals surface area contributed by atoms with Gasteiger partial charge in [0.25, 0.3) is 0 Å². The van der Waals surface area contributed by atoms with Crippen molar-refractivity contribution in [1.29, 1.82) is 0 Å². The van der Waals surface area contributed by atoms with E-state index in [2.05, 4.69) is 4.36 Å². The predicted molar refractivity (Wildman–Crippen MR) is 47.8 cm³/mol. The fourth-order valence-corrected chi connectivity index (χ4v) is 2.84. The highest BCUT2D eigenvalue weighted by molar-refractivity contribution is 7.87. The van der Waals surface area contributed by atoms with Crippen molar-refractivity contribution in [3.05, 3.63) is 0 Å². The lowest BCUT2D eigenvalue weighted by Crippen LogP contribution is -2.32. The van der Waals surface area contributed by atoms with E-state index in [1.165, 1.54) is 0 Å². The Morgan fingerprint density at radius 1 is 1.50 bits per heavy atom. The van der Waals surface area contributed by atoms with Crippen molar-refractivity contribution in [2.24, 2.45) is 4.36 Å². The summed E-state index contributed by atoms with van der Waals surface area (Å²) in [6.45, 7) is 0.860. The van der Waals surface area contributed by atoms with Gasteiger partial charge in [-0.2, -0.15) is 17.5 Å². The van der Waals surface area contributed by atoms with Crippen molar-refractivity contribution < 1.29 is 18.0 Å². The van der Waals surface area contributed by atoms with Gasteiger partial charge in [-0.15, -0.1) is 0 Å². The van der Waals surface area contributed by atoms with E-state index in [0.29, 0.717) is 11.6 Å². The molecule has 1 heterocycles. The summed E-state index contributed by atoms with van der Waals surface area (Å²) < 4.78 is 38.7. The van der Waals surface area contributed by atoms with Gasteiger partial charge < -0.3 is 0 Å². The quantitative estimate of drug-likeness (QED) is 0.623. The van der Waals surface area contributed by atoms with E-state index in [1.54, 1.807) is 0 Å². The molecule has 1 atom stereocenters. The van der Waals surface area contributed by atoms with Gasteiger partial charge in [-0.25, -0.2) is 0 Å². The van der Waals surface area contributed by atoms with Crippen LogP contribution in [0.2, 0.25) is 0 Å². The van der Waals surface area contributed by atoms with Crippen molar-refractivity contribution in [3.8, 4) is 0 Å². The van der Waals surface area contributed by atoms with Crippen molar-refractivity contribution in [2.75, 3.05) is 25.2 Å². The average molecular weight is 228 g/mol. The highest BCUT2D eigenvalue weighted by Gasteiger charge is 2.39. The first kappa shape index (κ1) is 11.6. The lowest BCUT2D eigenvalue weighted by Gasteiger charge is -2.23. The molecule has 1 aliphatic rings. The fourth-order valence-electron chi connectivity index (χ4n) is 1.13. The van der Waals surface area contributed by atoms with E-state index in [0.717, 1.165) is 13.0 Å². The summed E-state index contributed by atoms with van der Waals surface area (Å²) in [6.07, 6.45) is -4.02. The van der Waals surface area contributed by atoms with Crippen LogP contribution in [0.25, 0.3) is 0 Å². The van der Waals surface area contributed by atoms with E-state index in [4.69, 9.17) is 0 Å². The number of amides is 1. The van der Waals surface area contributed by atoms with Gasteiger partial charge in [0.1, 0.15) is 0 Å². The minimum Gasteiger partial charge on any atom is -0.296 e. The van der Waals surface area contributed by atoms with Crippen LogP contribution in [0.1, 0.15) is 6.42 Å². The Labute approximate surface area is 82.4 Å². The maximum Gasteiger partial charge on any atom is 0.474 e. The van der Waals surface area contributed by atoms with E-state index in [9.17, 15) is 18.0 Å². The molecule has 1 aliphatic heterocycles. The van der Waals surface area contributed by atoms with Gasteiger partial charge in [0.05, 0.1) is 5.88 Å². The summed E-state index contributed by atoms with van der Waals surface area (Å²) in [4.78, 5) is 12.4. The maximum atomic E-state index is 11.8. The van der Waals surface area contributed by atoms with Crippen molar-refractivity contribution in [3.63, 3.8) is 0 Å².